The number of hydrogen-bond donors (Lipinski definition) is 1. The van der Waals surface area contributed by atoms with Crippen LogP contribution in [0.1, 0.15) is 50.5 Å². The van der Waals surface area contributed by atoms with Crippen molar-refractivity contribution in [2.45, 2.75) is 52.9 Å². The van der Waals surface area contributed by atoms with Crippen molar-refractivity contribution >= 4 is 29.9 Å². The summed E-state index contributed by atoms with van der Waals surface area (Å²) < 4.78 is 14.0. The van der Waals surface area contributed by atoms with Gasteiger partial charge in [-0.3, -0.25) is 4.68 Å². The van der Waals surface area contributed by atoms with Crippen molar-refractivity contribution < 1.29 is 9.47 Å². The fourth-order valence-electron chi connectivity index (χ4n) is 3.45. The van der Waals surface area contributed by atoms with Gasteiger partial charge in [0.2, 0.25) is 0 Å². The Morgan fingerprint density at radius 3 is 2.77 bits per heavy atom. The van der Waals surface area contributed by atoms with Crippen LogP contribution in [0, 0.1) is 6.92 Å². The summed E-state index contributed by atoms with van der Waals surface area (Å²) in [5.41, 5.74) is 3.11. The summed E-state index contributed by atoms with van der Waals surface area (Å²) in [6, 6.07) is 6.32. The monoisotopic (exact) mass is 541 g/mol. The van der Waals surface area contributed by atoms with E-state index in [9.17, 15) is 0 Å². The van der Waals surface area contributed by atoms with Crippen LogP contribution < -0.4 is 10.1 Å². The van der Waals surface area contributed by atoms with Crippen molar-refractivity contribution in [3.8, 4) is 5.75 Å². The minimum Gasteiger partial charge on any atom is -0.488 e. The maximum atomic E-state index is 6.20. The second-order valence-corrected chi connectivity index (χ2v) is 8.75. The third-order valence-electron chi connectivity index (χ3n) is 4.84. The SMILES string of the molecule is CCNC(=NCc1ccc(C)cc1OC(C)(C)C)N1CCOC(c2cnn(C)c2)C1.I. The van der Waals surface area contributed by atoms with Crippen LogP contribution in [0.25, 0.3) is 0 Å². The number of aromatic nitrogens is 2. The lowest BCUT2D eigenvalue weighted by atomic mass is 10.1. The Morgan fingerprint density at radius 1 is 1.35 bits per heavy atom. The molecule has 1 saturated heterocycles. The Labute approximate surface area is 203 Å². The van der Waals surface area contributed by atoms with Crippen LogP contribution in [0.2, 0.25) is 0 Å². The predicted molar refractivity (Wildman–Crippen MR) is 135 cm³/mol. The van der Waals surface area contributed by atoms with Crippen LogP contribution >= 0.6 is 24.0 Å². The lowest BCUT2D eigenvalue weighted by Gasteiger charge is -2.34. The molecule has 1 unspecified atom stereocenters. The van der Waals surface area contributed by atoms with Crippen molar-refractivity contribution in [3.63, 3.8) is 0 Å². The quantitative estimate of drug-likeness (QED) is 0.352. The first-order valence-electron chi connectivity index (χ1n) is 10.7. The van der Waals surface area contributed by atoms with E-state index in [4.69, 9.17) is 14.5 Å². The number of benzene rings is 1. The van der Waals surface area contributed by atoms with Gasteiger partial charge in [0, 0.05) is 37.5 Å². The molecule has 7 nitrogen and oxygen atoms in total. The molecule has 8 heteroatoms. The summed E-state index contributed by atoms with van der Waals surface area (Å²) >= 11 is 0. The number of halogens is 1. The molecule has 172 valence electrons. The van der Waals surface area contributed by atoms with Gasteiger partial charge in [-0.2, -0.15) is 5.10 Å². The van der Waals surface area contributed by atoms with Gasteiger partial charge in [0.15, 0.2) is 5.96 Å². The van der Waals surface area contributed by atoms with Gasteiger partial charge in [-0.05, 0) is 46.2 Å². The molecule has 0 spiro atoms. The Morgan fingerprint density at radius 2 is 2.13 bits per heavy atom. The zero-order valence-electron chi connectivity index (χ0n) is 19.5. The highest BCUT2D eigenvalue weighted by Crippen LogP contribution is 2.26. The predicted octanol–water partition coefficient (Wildman–Crippen LogP) is 4.06. The van der Waals surface area contributed by atoms with Gasteiger partial charge in [-0.15, -0.1) is 24.0 Å². The standard InChI is InChI=1S/C23H35N5O2.HI/c1-7-24-22(28-10-11-29-21(16-28)19-14-26-27(6)15-19)25-13-18-9-8-17(2)12-20(18)30-23(3,4)5;/h8-9,12,14-15,21H,7,10-11,13,16H2,1-6H3,(H,24,25);1H. The van der Waals surface area contributed by atoms with Crippen molar-refractivity contribution in [1.29, 1.82) is 0 Å². The van der Waals surface area contributed by atoms with E-state index in [2.05, 4.69) is 68.1 Å². The van der Waals surface area contributed by atoms with E-state index < -0.39 is 0 Å². The summed E-state index contributed by atoms with van der Waals surface area (Å²) in [5, 5.41) is 7.72. The van der Waals surface area contributed by atoms with Gasteiger partial charge in [0.05, 0.1) is 25.9 Å². The Hall–Kier alpha value is -1.81. The lowest BCUT2D eigenvalue weighted by molar-refractivity contribution is -0.00805. The van der Waals surface area contributed by atoms with Crippen molar-refractivity contribution in [3.05, 3.63) is 47.3 Å². The summed E-state index contributed by atoms with van der Waals surface area (Å²) in [6.07, 6.45) is 3.89. The maximum absolute atomic E-state index is 6.20. The van der Waals surface area contributed by atoms with Gasteiger partial charge in [-0.25, -0.2) is 4.99 Å². The number of ether oxygens (including phenoxy) is 2. The number of aryl methyl sites for hydroxylation is 2. The molecular weight excluding hydrogens is 505 g/mol. The molecule has 3 rings (SSSR count). The molecule has 2 heterocycles. The number of aliphatic imine (C=N–C) groups is 1. The minimum atomic E-state index is -0.252. The van der Waals surface area contributed by atoms with Crippen LogP contribution in [0.5, 0.6) is 5.75 Å². The fraction of sp³-hybridized carbons (Fsp3) is 0.565. The van der Waals surface area contributed by atoms with Crippen molar-refractivity contribution in [1.82, 2.24) is 20.0 Å². The highest BCUT2D eigenvalue weighted by Gasteiger charge is 2.25. The number of rotatable bonds is 5. The molecule has 1 aromatic heterocycles. The molecule has 0 aliphatic carbocycles. The molecule has 0 saturated carbocycles. The summed E-state index contributed by atoms with van der Waals surface area (Å²) in [5.74, 6) is 1.80. The maximum Gasteiger partial charge on any atom is 0.194 e. The average molecular weight is 541 g/mol. The Balaban J connectivity index is 0.00000341. The van der Waals surface area contributed by atoms with Crippen molar-refractivity contribution in [2.24, 2.45) is 12.0 Å². The normalized spacial score (nSPS) is 17.3. The van der Waals surface area contributed by atoms with Crippen LogP contribution in [-0.4, -0.2) is 52.5 Å². The summed E-state index contributed by atoms with van der Waals surface area (Å²) in [4.78, 5) is 7.20. The first-order valence-corrected chi connectivity index (χ1v) is 10.7. The zero-order chi connectivity index (χ0) is 21.7. The van der Waals surface area contributed by atoms with E-state index in [1.807, 2.05) is 24.1 Å². The highest BCUT2D eigenvalue weighted by atomic mass is 127. The number of nitrogens with one attached hydrogen (secondary N) is 1. The van der Waals surface area contributed by atoms with Gasteiger partial charge in [0.25, 0.3) is 0 Å². The Kier molecular flexibility index (Phi) is 9.17. The van der Waals surface area contributed by atoms with E-state index in [1.165, 1.54) is 5.56 Å². The lowest BCUT2D eigenvalue weighted by Crippen LogP contribution is -2.48. The van der Waals surface area contributed by atoms with Crippen LogP contribution in [0.15, 0.2) is 35.6 Å². The third-order valence-corrected chi connectivity index (χ3v) is 4.84. The number of hydrogen-bond acceptors (Lipinski definition) is 4. The molecule has 0 amide bonds. The third kappa shape index (κ3) is 7.38. The molecule has 2 aromatic rings. The fourth-order valence-corrected chi connectivity index (χ4v) is 3.45. The van der Waals surface area contributed by atoms with E-state index in [0.29, 0.717) is 13.2 Å². The smallest absolute Gasteiger partial charge is 0.194 e. The molecule has 1 aromatic carbocycles. The first kappa shape index (κ1) is 25.5. The van der Waals surface area contributed by atoms with Gasteiger partial charge < -0.3 is 19.7 Å². The molecule has 1 fully saturated rings. The van der Waals surface area contributed by atoms with Gasteiger partial charge in [-0.1, -0.05) is 12.1 Å². The van der Waals surface area contributed by atoms with E-state index in [-0.39, 0.29) is 35.7 Å². The largest absolute Gasteiger partial charge is 0.488 e. The minimum absolute atomic E-state index is 0. The molecule has 1 N–H and O–H groups in total. The van der Waals surface area contributed by atoms with Crippen LogP contribution in [-0.2, 0) is 18.3 Å². The van der Waals surface area contributed by atoms with Crippen molar-refractivity contribution in [2.75, 3.05) is 26.2 Å². The molecule has 1 aliphatic rings. The van der Waals surface area contributed by atoms with Gasteiger partial charge in [0.1, 0.15) is 17.5 Å². The molecule has 0 radical (unpaired) electrons. The van der Waals surface area contributed by atoms with E-state index in [1.54, 1.807) is 0 Å². The van der Waals surface area contributed by atoms with Crippen LogP contribution in [0.3, 0.4) is 0 Å². The number of nitrogens with zero attached hydrogens (tertiary/aromatic N) is 4. The highest BCUT2D eigenvalue weighted by molar-refractivity contribution is 14.0. The number of morpholine rings is 1. The molecule has 0 bridgehead atoms. The summed E-state index contributed by atoms with van der Waals surface area (Å²) in [7, 11) is 1.93. The van der Waals surface area contributed by atoms with E-state index in [0.717, 1.165) is 42.5 Å². The second-order valence-electron chi connectivity index (χ2n) is 8.75. The summed E-state index contributed by atoms with van der Waals surface area (Å²) in [6.45, 7) is 14.0. The van der Waals surface area contributed by atoms with Gasteiger partial charge >= 0.3 is 0 Å². The topological polar surface area (TPSA) is 63.9 Å². The molecule has 31 heavy (non-hydrogen) atoms. The Bertz CT molecular complexity index is 875. The molecule has 1 atom stereocenters. The second kappa shape index (κ2) is 11.2. The molecular formula is C23H36IN5O2. The molecule has 1 aliphatic heterocycles. The first-order chi connectivity index (χ1) is 14.2. The number of guanidine groups is 1. The zero-order valence-corrected chi connectivity index (χ0v) is 21.8. The average Bonchev–Trinajstić information content (AvgIpc) is 3.12. The van der Waals surface area contributed by atoms with Crippen LogP contribution in [0.4, 0.5) is 0 Å². The van der Waals surface area contributed by atoms with E-state index >= 15 is 0 Å².